The van der Waals surface area contributed by atoms with Gasteiger partial charge in [0, 0.05) is 17.5 Å². The molecule has 3 rings (SSSR count). The molecule has 0 spiro atoms. The second kappa shape index (κ2) is 4.23. The van der Waals surface area contributed by atoms with Gasteiger partial charge in [-0.05, 0) is 37.3 Å². The molecule has 17 heavy (non-hydrogen) atoms. The number of piperidine rings is 1. The van der Waals surface area contributed by atoms with Crippen molar-refractivity contribution in [2.75, 3.05) is 6.54 Å². The summed E-state index contributed by atoms with van der Waals surface area (Å²) in [6, 6.07) is 3.73. The summed E-state index contributed by atoms with van der Waals surface area (Å²) in [6.07, 6.45) is 3.26. The second-order valence-corrected chi connectivity index (χ2v) is 8.31. The zero-order valence-corrected chi connectivity index (χ0v) is 11.7. The number of fused-ring (bicyclic) bond motifs is 2. The number of sulfonamides is 1. The number of hydrogen-bond donors (Lipinski definition) is 0. The van der Waals surface area contributed by atoms with Crippen molar-refractivity contribution >= 4 is 33.0 Å². The highest BCUT2D eigenvalue weighted by atomic mass is 35.5. The third-order valence-corrected chi connectivity index (χ3v) is 7.61. The Kier molecular flexibility index (Phi) is 2.97. The van der Waals surface area contributed by atoms with Crippen molar-refractivity contribution in [1.29, 1.82) is 0 Å². The predicted molar refractivity (Wildman–Crippen MR) is 68.9 cm³/mol. The van der Waals surface area contributed by atoms with Crippen molar-refractivity contribution in [2.24, 2.45) is 5.92 Å². The first-order valence-corrected chi connectivity index (χ1v) is 8.57. The molecule has 1 saturated heterocycles. The fourth-order valence-electron chi connectivity index (χ4n) is 2.86. The summed E-state index contributed by atoms with van der Waals surface area (Å²) in [5.41, 5.74) is 0. The van der Waals surface area contributed by atoms with E-state index >= 15 is 0 Å². The smallest absolute Gasteiger partial charge is 0.206 e. The van der Waals surface area contributed by atoms with Crippen LogP contribution in [0, 0.1) is 5.92 Å². The third kappa shape index (κ3) is 1.93. The predicted octanol–water partition coefficient (Wildman–Crippen LogP) is 2.66. The topological polar surface area (TPSA) is 37.4 Å². The molecule has 2 bridgehead atoms. The van der Waals surface area contributed by atoms with E-state index < -0.39 is 10.0 Å². The van der Waals surface area contributed by atoms with Crippen LogP contribution in [0.2, 0.25) is 0 Å². The second-order valence-electron chi connectivity index (χ2n) is 4.76. The minimum Gasteiger partial charge on any atom is -0.206 e. The first kappa shape index (κ1) is 12.0. The van der Waals surface area contributed by atoms with E-state index in [0.29, 0.717) is 22.6 Å². The van der Waals surface area contributed by atoms with E-state index in [0.717, 1.165) is 17.7 Å². The minimum atomic E-state index is -3.27. The molecule has 0 amide bonds. The molecule has 0 aromatic carbocycles. The van der Waals surface area contributed by atoms with E-state index in [2.05, 4.69) is 0 Å². The number of nitrogens with zero attached hydrogens (tertiary/aromatic N) is 1. The normalized spacial score (nSPS) is 29.0. The fourth-order valence-corrected chi connectivity index (χ4v) is 6.19. The highest BCUT2D eigenvalue weighted by Gasteiger charge is 2.44. The minimum absolute atomic E-state index is 0.242. The van der Waals surface area contributed by atoms with Crippen molar-refractivity contribution in [3.8, 4) is 0 Å². The van der Waals surface area contributed by atoms with Gasteiger partial charge in [-0.1, -0.05) is 0 Å². The highest BCUT2D eigenvalue weighted by Crippen LogP contribution is 2.41. The van der Waals surface area contributed by atoms with Gasteiger partial charge in [-0.3, -0.25) is 0 Å². The molecular weight excluding hydrogens is 278 g/mol. The lowest BCUT2D eigenvalue weighted by molar-refractivity contribution is 0.334. The Bertz CT molecular complexity index is 525. The number of thiophene rings is 1. The first-order chi connectivity index (χ1) is 8.11. The Balaban J connectivity index is 1.90. The Hall–Kier alpha value is -0.100. The van der Waals surface area contributed by atoms with Crippen LogP contribution in [0.15, 0.2) is 16.3 Å². The zero-order valence-electron chi connectivity index (χ0n) is 9.30. The molecule has 1 aromatic heterocycles. The third-order valence-electron chi connectivity index (χ3n) is 3.69. The van der Waals surface area contributed by atoms with Crippen molar-refractivity contribution in [3.63, 3.8) is 0 Å². The number of halogens is 1. The number of alkyl halides is 1. The van der Waals surface area contributed by atoms with Crippen molar-refractivity contribution in [2.45, 2.75) is 35.4 Å². The van der Waals surface area contributed by atoms with E-state index in [1.807, 2.05) is 0 Å². The van der Waals surface area contributed by atoms with Crippen LogP contribution in [0.25, 0.3) is 0 Å². The number of hydrogen-bond acceptors (Lipinski definition) is 3. The van der Waals surface area contributed by atoms with Gasteiger partial charge in [0.1, 0.15) is 4.21 Å². The van der Waals surface area contributed by atoms with Crippen molar-refractivity contribution in [1.82, 2.24) is 4.31 Å². The molecule has 3 nitrogen and oxygen atoms in total. The molecule has 1 aromatic rings. The zero-order chi connectivity index (χ0) is 12.0. The Morgan fingerprint density at radius 2 is 2.24 bits per heavy atom. The lowest BCUT2D eigenvalue weighted by Gasteiger charge is -2.25. The Morgan fingerprint density at radius 3 is 2.76 bits per heavy atom. The van der Waals surface area contributed by atoms with Crippen molar-refractivity contribution < 1.29 is 8.42 Å². The lowest BCUT2D eigenvalue weighted by atomic mass is 10.1. The van der Waals surface area contributed by atoms with E-state index in [1.54, 1.807) is 16.4 Å². The van der Waals surface area contributed by atoms with Gasteiger partial charge in [0.25, 0.3) is 10.0 Å². The fraction of sp³-hybridized carbons (Fsp3) is 0.636. The maximum Gasteiger partial charge on any atom is 0.252 e. The van der Waals surface area contributed by atoms with Crippen LogP contribution in [0.4, 0.5) is 0 Å². The summed E-state index contributed by atoms with van der Waals surface area (Å²) in [5, 5.41) is 0. The first-order valence-electron chi connectivity index (χ1n) is 5.78. The maximum absolute atomic E-state index is 12.4. The maximum atomic E-state index is 12.4. The standard InChI is InChI=1S/C11H14ClNO2S2/c12-6-10-3-4-11(16-10)17(14,15)13-7-8-1-2-9(13)5-8/h3-4,8-9H,1-2,5-7H2. The van der Waals surface area contributed by atoms with E-state index in [1.165, 1.54) is 17.8 Å². The molecule has 0 N–H and O–H groups in total. The molecule has 0 radical (unpaired) electrons. The molecule has 1 saturated carbocycles. The van der Waals surface area contributed by atoms with E-state index in [4.69, 9.17) is 11.6 Å². The molecule has 2 fully saturated rings. The SMILES string of the molecule is O=S(=O)(c1ccc(CCl)s1)N1CC2CCC1C2. The van der Waals surface area contributed by atoms with Gasteiger partial charge < -0.3 is 0 Å². The van der Waals surface area contributed by atoms with E-state index in [-0.39, 0.29) is 6.04 Å². The molecule has 6 heteroatoms. The van der Waals surface area contributed by atoms with Crippen LogP contribution in [-0.2, 0) is 15.9 Å². The van der Waals surface area contributed by atoms with Gasteiger partial charge in [0.2, 0.25) is 0 Å². The highest BCUT2D eigenvalue weighted by molar-refractivity contribution is 7.91. The van der Waals surface area contributed by atoms with Crippen molar-refractivity contribution in [3.05, 3.63) is 17.0 Å². The van der Waals surface area contributed by atoms with E-state index in [9.17, 15) is 8.42 Å². The summed E-state index contributed by atoms with van der Waals surface area (Å²) in [5.74, 6) is 0.967. The van der Waals surface area contributed by atoms with Crippen LogP contribution in [0.1, 0.15) is 24.1 Å². The Labute approximate surface area is 110 Å². The molecule has 2 heterocycles. The molecule has 2 aliphatic rings. The number of rotatable bonds is 3. The van der Waals surface area contributed by atoms with Gasteiger partial charge in [0.05, 0.1) is 5.88 Å². The molecule has 2 unspecified atom stereocenters. The monoisotopic (exact) mass is 291 g/mol. The van der Waals surface area contributed by atoms with Gasteiger partial charge in [-0.25, -0.2) is 8.42 Å². The van der Waals surface area contributed by atoms with Gasteiger partial charge in [-0.2, -0.15) is 4.31 Å². The summed E-state index contributed by atoms with van der Waals surface area (Å²) < 4.78 is 27.0. The van der Waals surface area contributed by atoms with Crippen LogP contribution in [0.5, 0.6) is 0 Å². The summed E-state index contributed by atoms with van der Waals surface area (Å²) >= 11 is 7.01. The quantitative estimate of drug-likeness (QED) is 0.803. The van der Waals surface area contributed by atoms with Crippen LogP contribution < -0.4 is 0 Å². The Morgan fingerprint density at radius 1 is 1.41 bits per heavy atom. The average molecular weight is 292 g/mol. The molecular formula is C11H14ClNO2S2. The summed E-state index contributed by atoms with van der Waals surface area (Å²) in [7, 11) is -3.27. The molecule has 1 aliphatic heterocycles. The van der Waals surface area contributed by atoms with Gasteiger partial charge in [-0.15, -0.1) is 22.9 Å². The molecule has 94 valence electrons. The summed E-state index contributed by atoms with van der Waals surface area (Å²) in [6.45, 7) is 0.709. The van der Waals surface area contributed by atoms with Crippen LogP contribution >= 0.6 is 22.9 Å². The summed E-state index contributed by atoms with van der Waals surface area (Å²) in [4.78, 5) is 0.912. The lowest BCUT2D eigenvalue weighted by Crippen LogP contribution is -2.37. The molecule has 1 aliphatic carbocycles. The van der Waals surface area contributed by atoms with Crippen LogP contribution in [0.3, 0.4) is 0 Å². The van der Waals surface area contributed by atoms with Gasteiger partial charge >= 0.3 is 0 Å². The van der Waals surface area contributed by atoms with Gasteiger partial charge in [0.15, 0.2) is 0 Å². The average Bonchev–Trinajstić information content (AvgIpc) is 3.04. The molecule has 2 atom stereocenters. The largest absolute Gasteiger partial charge is 0.252 e. The van der Waals surface area contributed by atoms with Crippen LogP contribution in [-0.4, -0.2) is 25.3 Å².